The van der Waals surface area contributed by atoms with E-state index in [1.807, 2.05) is 32.0 Å². The van der Waals surface area contributed by atoms with Gasteiger partial charge in [-0.1, -0.05) is 37.2 Å². The summed E-state index contributed by atoms with van der Waals surface area (Å²) in [7, 11) is 0. The van der Waals surface area contributed by atoms with E-state index in [0.717, 1.165) is 12.8 Å². The summed E-state index contributed by atoms with van der Waals surface area (Å²) in [4.78, 5) is 29.1. The molecule has 0 aliphatic rings. The lowest BCUT2D eigenvalue weighted by Gasteiger charge is -2.14. The SMILES string of the molecule is CCCCOC(=O)C(C)Sc1nc2ccccc2c(=O)n1CC. The average molecular weight is 334 g/mol. The molecule has 0 saturated heterocycles. The molecule has 124 valence electrons. The van der Waals surface area contributed by atoms with E-state index in [1.54, 1.807) is 17.6 Å². The van der Waals surface area contributed by atoms with Crippen molar-refractivity contribution in [2.24, 2.45) is 0 Å². The quantitative estimate of drug-likeness (QED) is 0.337. The van der Waals surface area contributed by atoms with Crippen LogP contribution in [0.25, 0.3) is 10.9 Å². The molecular formula is C17H22N2O3S. The molecule has 0 saturated carbocycles. The van der Waals surface area contributed by atoms with Crippen molar-refractivity contribution < 1.29 is 9.53 Å². The molecule has 23 heavy (non-hydrogen) atoms. The fourth-order valence-electron chi connectivity index (χ4n) is 2.16. The van der Waals surface area contributed by atoms with E-state index >= 15 is 0 Å². The minimum Gasteiger partial charge on any atom is -0.465 e. The molecule has 2 rings (SSSR count). The normalized spacial score (nSPS) is 12.3. The van der Waals surface area contributed by atoms with Gasteiger partial charge in [-0.15, -0.1) is 0 Å². The van der Waals surface area contributed by atoms with E-state index in [2.05, 4.69) is 4.98 Å². The van der Waals surface area contributed by atoms with E-state index < -0.39 is 5.25 Å². The fourth-order valence-corrected chi connectivity index (χ4v) is 3.13. The van der Waals surface area contributed by atoms with Gasteiger partial charge in [0.1, 0.15) is 5.25 Å². The molecule has 0 bridgehead atoms. The van der Waals surface area contributed by atoms with Gasteiger partial charge in [-0.2, -0.15) is 0 Å². The van der Waals surface area contributed by atoms with Gasteiger partial charge in [-0.05, 0) is 32.4 Å². The number of carbonyl (C=O) groups excluding carboxylic acids is 1. The maximum atomic E-state index is 12.5. The highest BCUT2D eigenvalue weighted by Gasteiger charge is 2.19. The lowest BCUT2D eigenvalue weighted by Crippen LogP contribution is -2.25. The van der Waals surface area contributed by atoms with Crippen LogP contribution >= 0.6 is 11.8 Å². The van der Waals surface area contributed by atoms with Gasteiger partial charge in [0.2, 0.25) is 0 Å². The molecule has 1 heterocycles. The second-order valence-corrected chi connectivity index (χ2v) is 6.55. The predicted molar refractivity (Wildman–Crippen MR) is 92.9 cm³/mol. The summed E-state index contributed by atoms with van der Waals surface area (Å²) in [5, 5.41) is 0.741. The van der Waals surface area contributed by atoms with Gasteiger partial charge < -0.3 is 4.74 Å². The molecule has 5 nitrogen and oxygen atoms in total. The number of hydrogen-bond acceptors (Lipinski definition) is 5. The molecule has 0 aliphatic carbocycles. The number of benzene rings is 1. The summed E-state index contributed by atoms with van der Waals surface area (Å²) in [5.41, 5.74) is 0.573. The number of para-hydroxylation sites is 1. The number of fused-ring (bicyclic) bond motifs is 1. The average Bonchev–Trinajstić information content (AvgIpc) is 2.55. The van der Waals surface area contributed by atoms with E-state index in [4.69, 9.17) is 4.74 Å². The van der Waals surface area contributed by atoms with Crippen molar-refractivity contribution in [3.8, 4) is 0 Å². The van der Waals surface area contributed by atoms with Crippen molar-refractivity contribution in [2.45, 2.75) is 50.6 Å². The van der Waals surface area contributed by atoms with Crippen LogP contribution in [0.3, 0.4) is 0 Å². The zero-order valence-electron chi connectivity index (χ0n) is 13.7. The third-order valence-electron chi connectivity index (χ3n) is 3.50. The van der Waals surface area contributed by atoms with Crippen LogP contribution in [0.4, 0.5) is 0 Å². The number of unbranched alkanes of at least 4 members (excludes halogenated alkanes) is 1. The Morgan fingerprint density at radius 3 is 2.78 bits per heavy atom. The standard InChI is InChI=1S/C17H22N2O3S/c1-4-6-11-22-16(21)12(3)23-17-18-14-10-8-7-9-13(14)15(20)19(17)5-2/h7-10,12H,4-6,11H2,1-3H3. The molecule has 0 N–H and O–H groups in total. The molecule has 0 fully saturated rings. The number of rotatable bonds is 7. The van der Waals surface area contributed by atoms with Crippen LogP contribution < -0.4 is 5.56 Å². The third-order valence-corrected chi connectivity index (χ3v) is 4.57. The van der Waals surface area contributed by atoms with Crippen molar-refractivity contribution in [1.82, 2.24) is 9.55 Å². The maximum Gasteiger partial charge on any atom is 0.319 e. The molecule has 6 heteroatoms. The molecule has 0 amide bonds. The van der Waals surface area contributed by atoms with E-state index in [-0.39, 0.29) is 11.5 Å². The second kappa shape index (κ2) is 8.15. The number of aromatic nitrogens is 2. The Labute approximate surface area is 140 Å². The number of nitrogens with zero attached hydrogens (tertiary/aromatic N) is 2. The highest BCUT2D eigenvalue weighted by Crippen LogP contribution is 2.23. The first-order valence-electron chi connectivity index (χ1n) is 7.91. The molecule has 0 aliphatic heterocycles. The monoisotopic (exact) mass is 334 g/mol. The smallest absolute Gasteiger partial charge is 0.319 e. The zero-order valence-corrected chi connectivity index (χ0v) is 14.6. The van der Waals surface area contributed by atoms with Crippen LogP contribution in [-0.4, -0.2) is 27.4 Å². The molecule has 1 unspecified atom stereocenters. The summed E-state index contributed by atoms with van der Waals surface area (Å²) >= 11 is 1.27. The Morgan fingerprint density at radius 2 is 2.09 bits per heavy atom. The third kappa shape index (κ3) is 4.13. The number of ether oxygens (including phenoxy) is 1. The maximum absolute atomic E-state index is 12.5. The first-order valence-corrected chi connectivity index (χ1v) is 8.79. The summed E-state index contributed by atoms with van der Waals surface area (Å²) in [6.45, 7) is 6.67. The highest BCUT2D eigenvalue weighted by atomic mass is 32.2. The van der Waals surface area contributed by atoms with Crippen molar-refractivity contribution >= 4 is 28.6 Å². The number of hydrogen-bond donors (Lipinski definition) is 0. The van der Waals surface area contributed by atoms with Crippen molar-refractivity contribution in [3.63, 3.8) is 0 Å². The number of thioether (sulfide) groups is 1. The van der Waals surface area contributed by atoms with E-state index in [9.17, 15) is 9.59 Å². The molecule has 1 aromatic carbocycles. The van der Waals surface area contributed by atoms with Crippen LogP contribution in [0.1, 0.15) is 33.6 Å². The predicted octanol–water partition coefficient (Wildman–Crippen LogP) is 3.24. The summed E-state index contributed by atoms with van der Waals surface area (Å²) < 4.78 is 6.83. The van der Waals surface area contributed by atoms with Gasteiger partial charge in [0.15, 0.2) is 5.16 Å². The van der Waals surface area contributed by atoms with Gasteiger partial charge >= 0.3 is 5.97 Å². The number of esters is 1. The first-order chi connectivity index (χ1) is 11.1. The van der Waals surface area contributed by atoms with Gasteiger partial charge in [0, 0.05) is 6.54 Å². The largest absolute Gasteiger partial charge is 0.465 e. The second-order valence-electron chi connectivity index (χ2n) is 5.24. The van der Waals surface area contributed by atoms with Crippen molar-refractivity contribution in [3.05, 3.63) is 34.6 Å². The molecular weight excluding hydrogens is 312 g/mol. The Bertz CT molecular complexity index is 742. The summed E-state index contributed by atoms with van der Waals surface area (Å²) in [6, 6.07) is 7.26. The van der Waals surface area contributed by atoms with Gasteiger partial charge in [-0.25, -0.2) is 4.98 Å². The Kier molecular flexibility index (Phi) is 6.21. The Morgan fingerprint density at radius 1 is 1.35 bits per heavy atom. The summed E-state index contributed by atoms with van der Waals surface area (Å²) in [5.74, 6) is -0.270. The van der Waals surface area contributed by atoms with Crippen LogP contribution in [0.15, 0.2) is 34.2 Å². The molecule has 0 radical (unpaired) electrons. The van der Waals surface area contributed by atoms with Crippen molar-refractivity contribution in [2.75, 3.05) is 6.61 Å². The van der Waals surface area contributed by atoms with E-state index in [0.29, 0.717) is 29.2 Å². The summed E-state index contributed by atoms with van der Waals surface area (Å²) in [6.07, 6.45) is 1.84. The van der Waals surface area contributed by atoms with Gasteiger partial charge in [0.05, 0.1) is 17.5 Å². The van der Waals surface area contributed by atoms with Crippen molar-refractivity contribution in [1.29, 1.82) is 0 Å². The van der Waals surface area contributed by atoms with Crippen LogP contribution in [0, 0.1) is 0 Å². The topological polar surface area (TPSA) is 61.2 Å². The van der Waals surface area contributed by atoms with Crippen LogP contribution in [0.2, 0.25) is 0 Å². The highest BCUT2D eigenvalue weighted by molar-refractivity contribution is 8.00. The lowest BCUT2D eigenvalue weighted by molar-refractivity contribution is -0.142. The lowest BCUT2D eigenvalue weighted by atomic mass is 10.2. The van der Waals surface area contributed by atoms with E-state index in [1.165, 1.54) is 11.8 Å². The van der Waals surface area contributed by atoms with Crippen LogP contribution in [-0.2, 0) is 16.1 Å². The molecule has 1 aromatic heterocycles. The molecule has 2 aromatic rings. The Balaban J connectivity index is 2.25. The fraction of sp³-hybridized carbons (Fsp3) is 0.471. The molecule has 1 atom stereocenters. The molecule has 0 spiro atoms. The number of carbonyl (C=O) groups is 1. The van der Waals surface area contributed by atoms with Gasteiger partial charge in [0.25, 0.3) is 5.56 Å². The Hall–Kier alpha value is -1.82. The first kappa shape index (κ1) is 17.5. The minimum absolute atomic E-state index is 0.0767. The zero-order chi connectivity index (χ0) is 16.8. The van der Waals surface area contributed by atoms with Crippen LogP contribution in [0.5, 0.6) is 0 Å². The van der Waals surface area contributed by atoms with Gasteiger partial charge in [-0.3, -0.25) is 14.2 Å². The minimum atomic E-state index is -0.405.